The first kappa shape index (κ1) is 24.8. The number of hydrogen-bond acceptors (Lipinski definition) is 5. The lowest BCUT2D eigenvalue weighted by Gasteiger charge is -2.18. The van der Waals surface area contributed by atoms with Crippen molar-refractivity contribution in [1.82, 2.24) is 0 Å². The van der Waals surface area contributed by atoms with Gasteiger partial charge in [0.25, 0.3) is 0 Å². The number of carbonyl (C=O) groups is 2. The second kappa shape index (κ2) is 11.9. The number of para-hydroxylation sites is 1. The molecule has 0 amide bonds. The predicted molar refractivity (Wildman–Crippen MR) is 146 cm³/mol. The van der Waals surface area contributed by atoms with Gasteiger partial charge in [0.1, 0.15) is 18.1 Å². The van der Waals surface area contributed by atoms with Crippen LogP contribution in [0.4, 0.5) is 0 Å². The number of carbonyl (C=O) groups excluding carboxylic acids is 2. The van der Waals surface area contributed by atoms with Crippen molar-refractivity contribution in [3.05, 3.63) is 144 Å². The molecule has 0 spiro atoms. The van der Waals surface area contributed by atoms with E-state index in [9.17, 15) is 9.59 Å². The van der Waals surface area contributed by atoms with E-state index in [-0.39, 0.29) is 18.6 Å². The van der Waals surface area contributed by atoms with Crippen molar-refractivity contribution in [3.8, 4) is 11.5 Å². The van der Waals surface area contributed by atoms with Crippen molar-refractivity contribution in [1.29, 1.82) is 0 Å². The largest absolute Gasteiger partial charge is 0.458 e. The van der Waals surface area contributed by atoms with Gasteiger partial charge in [0, 0.05) is 6.42 Å². The third kappa shape index (κ3) is 6.45. The Balaban J connectivity index is 1.34. The molecular formula is C33H26O5. The van der Waals surface area contributed by atoms with Crippen LogP contribution in [0.15, 0.2) is 127 Å². The fraction of sp³-hybridized carbons (Fsp3) is 0.0909. The average Bonchev–Trinajstić information content (AvgIpc) is 2.96. The Labute approximate surface area is 221 Å². The van der Waals surface area contributed by atoms with Crippen LogP contribution in [0.3, 0.4) is 0 Å². The lowest BCUT2D eigenvalue weighted by atomic mass is 10.0. The minimum atomic E-state index is -1.12. The topological polar surface area (TPSA) is 61.8 Å². The number of rotatable bonds is 9. The van der Waals surface area contributed by atoms with Crippen LogP contribution in [0, 0.1) is 0 Å². The molecular weight excluding hydrogens is 476 g/mol. The zero-order valence-corrected chi connectivity index (χ0v) is 20.7. The molecule has 0 aliphatic heterocycles. The summed E-state index contributed by atoms with van der Waals surface area (Å²) in [6.07, 6.45) is -0.934. The average molecular weight is 503 g/mol. The predicted octanol–water partition coefficient (Wildman–Crippen LogP) is 7.14. The van der Waals surface area contributed by atoms with Gasteiger partial charge in [-0.2, -0.15) is 0 Å². The molecule has 0 aliphatic carbocycles. The van der Waals surface area contributed by atoms with E-state index in [4.69, 9.17) is 14.2 Å². The standard InChI is InChI=1S/C33H26O5/c34-32(28-14-9-17-30(22-28)37-29-15-5-2-6-16-29)38-31(33(35)36-23-24-10-3-1-4-11-24)21-25-18-19-26-12-7-8-13-27(26)20-25/h1-20,22,31H,21,23H2/t31-/m1/s1. The Morgan fingerprint density at radius 1 is 0.605 bits per heavy atom. The van der Waals surface area contributed by atoms with E-state index >= 15 is 0 Å². The van der Waals surface area contributed by atoms with Crippen LogP contribution in [0.5, 0.6) is 11.5 Å². The van der Waals surface area contributed by atoms with Crippen LogP contribution in [-0.4, -0.2) is 18.0 Å². The summed E-state index contributed by atoms with van der Waals surface area (Å²) in [6.45, 7) is 0.0891. The zero-order chi connectivity index (χ0) is 26.2. The second-order valence-corrected chi connectivity index (χ2v) is 8.82. The van der Waals surface area contributed by atoms with E-state index in [1.165, 1.54) is 0 Å². The number of benzene rings is 5. The second-order valence-electron chi connectivity index (χ2n) is 8.82. The van der Waals surface area contributed by atoms with E-state index in [0.717, 1.165) is 21.9 Å². The Bertz CT molecular complexity index is 1530. The SMILES string of the molecule is O=C(O[C@H](Cc1ccc2ccccc2c1)C(=O)OCc1ccccc1)c1cccc(Oc2ccccc2)c1. The molecule has 0 aliphatic rings. The molecule has 5 rings (SSSR count). The fourth-order valence-electron chi connectivity index (χ4n) is 4.08. The summed E-state index contributed by atoms with van der Waals surface area (Å²) >= 11 is 0. The molecule has 0 fully saturated rings. The lowest BCUT2D eigenvalue weighted by Crippen LogP contribution is -2.31. The molecule has 5 nitrogen and oxygen atoms in total. The lowest BCUT2D eigenvalue weighted by molar-refractivity contribution is -0.155. The number of esters is 2. The monoisotopic (exact) mass is 502 g/mol. The molecule has 0 radical (unpaired) electrons. The summed E-state index contributed by atoms with van der Waals surface area (Å²) in [5.74, 6) is -0.0990. The molecule has 5 aromatic carbocycles. The highest BCUT2D eigenvalue weighted by Crippen LogP contribution is 2.23. The first-order chi connectivity index (χ1) is 18.6. The molecule has 5 aromatic rings. The zero-order valence-electron chi connectivity index (χ0n) is 20.7. The van der Waals surface area contributed by atoms with Crippen molar-refractivity contribution in [2.45, 2.75) is 19.1 Å². The van der Waals surface area contributed by atoms with Gasteiger partial charge in [-0.1, -0.05) is 97.1 Å². The van der Waals surface area contributed by atoms with Gasteiger partial charge in [-0.05, 0) is 52.2 Å². The van der Waals surface area contributed by atoms with Crippen molar-refractivity contribution >= 4 is 22.7 Å². The van der Waals surface area contributed by atoms with Gasteiger partial charge in [0.15, 0.2) is 0 Å². The van der Waals surface area contributed by atoms with Gasteiger partial charge >= 0.3 is 11.9 Å². The third-order valence-electron chi connectivity index (χ3n) is 6.02. The smallest absolute Gasteiger partial charge is 0.348 e. The number of ether oxygens (including phenoxy) is 3. The van der Waals surface area contributed by atoms with Gasteiger partial charge in [-0.3, -0.25) is 0 Å². The Morgan fingerprint density at radius 2 is 1.29 bits per heavy atom. The van der Waals surface area contributed by atoms with Crippen LogP contribution in [0.1, 0.15) is 21.5 Å². The van der Waals surface area contributed by atoms with Crippen LogP contribution >= 0.6 is 0 Å². The molecule has 0 saturated carbocycles. The summed E-state index contributed by atoms with van der Waals surface area (Å²) in [5.41, 5.74) is 1.99. The molecule has 0 saturated heterocycles. The van der Waals surface area contributed by atoms with Crippen LogP contribution in [0.25, 0.3) is 10.8 Å². The highest BCUT2D eigenvalue weighted by molar-refractivity contribution is 5.92. The Morgan fingerprint density at radius 3 is 2.08 bits per heavy atom. The molecule has 38 heavy (non-hydrogen) atoms. The Hall–Kier alpha value is -4.90. The molecule has 188 valence electrons. The molecule has 0 heterocycles. The third-order valence-corrected chi connectivity index (χ3v) is 6.02. The maximum atomic E-state index is 13.2. The molecule has 0 aromatic heterocycles. The summed E-state index contributed by atoms with van der Waals surface area (Å²) in [7, 11) is 0. The molecule has 0 bridgehead atoms. The van der Waals surface area contributed by atoms with Crippen molar-refractivity contribution < 1.29 is 23.8 Å². The van der Waals surface area contributed by atoms with E-state index in [2.05, 4.69) is 0 Å². The highest BCUT2D eigenvalue weighted by Gasteiger charge is 2.26. The number of fused-ring (bicyclic) bond motifs is 1. The summed E-state index contributed by atoms with van der Waals surface area (Å²) in [6, 6.07) is 39.2. The quantitative estimate of drug-likeness (QED) is 0.200. The maximum absolute atomic E-state index is 13.2. The first-order valence-corrected chi connectivity index (χ1v) is 12.4. The molecule has 5 heteroatoms. The Kier molecular flexibility index (Phi) is 7.75. The van der Waals surface area contributed by atoms with Crippen molar-refractivity contribution in [3.63, 3.8) is 0 Å². The van der Waals surface area contributed by atoms with Crippen molar-refractivity contribution in [2.24, 2.45) is 0 Å². The van der Waals surface area contributed by atoms with Gasteiger partial charge in [0.05, 0.1) is 5.56 Å². The first-order valence-electron chi connectivity index (χ1n) is 12.4. The molecule has 0 N–H and O–H groups in total. The highest BCUT2D eigenvalue weighted by atomic mass is 16.6. The summed E-state index contributed by atoms with van der Waals surface area (Å²) in [4.78, 5) is 26.3. The van der Waals surface area contributed by atoms with Crippen LogP contribution < -0.4 is 4.74 Å². The van der Waals surface area contributed by atoms with Crippen LogP contribution in [0.2, 0.25) is 0 Å². The van der Waals surface area contributed by atoms with E-state index < -0.39 is 18.0 Å². The van der Waals surface area contributed by atoms with Crippen molar-refractivity contribution in [2.75, 3.05) is 0 Å². The van der Waals surface area contributed by atoms with Crippen LogP contribution in [-0.2, 0) is 27.3 Å². The maximum Gasteiger partial charge on any atom is 0.348 e. The van der Waals surface area contributed by atoms with E-state index in [1.807, 2.05) is 103 Å². The number of hydrogen-bond donors (Lipinski definition) is 0. The minimum Gasteiger partial charge on any atom is -0.458 e. The van der Waals surface area contributed by atoms with Gasteiger partial charge in [-0.15, -0.1) is 0 Å². The fourth-order valence-corrected chi connectivity index (χ4v) is 4.08. The normalized spacial score (nSPS) is 11.5. The minimum absolute atomic E-state index is 0.0891. The van der Waals surface area contributed by atoms with Gasteiger partial charge < -0.3 is 14.2 Å². The molecule has 0 unspecified atom stereocenters. The van der Waals surface area contributed by atoms with E-state index in [0.29, 0.717) is 11.5 Å². The van der Waals surface area contributed by atoms with Gasteiger partial charge in [0.2, 0.25) is 6.10 Å². The molecule has 1 atom stereocenters. The van der Waals surface area contributed by atoms with Gasteiger partial charge in [-0.25, -0.2) is 9.59 Å². The summed E-state index contributed by atoms with van der Waals surface area (Å²) < 4.78 is 17.1. The summed E-state index contributed by atoms with van der Waals surface area (Å²) in [5, 5.41) is 2.13. The van der Waals surface area contributed by atoms with E-state index in [1.54, 1.807) is 24.3 Å².